The van der Waals surface area contributed by atoms with E-state index in [1.54, 1.807) is 12.1 Å². The lowest BCUT2D eigenvalue weighted by Gasteiger charge is -2.06. The molecule has 0 saturated heterocycles. The van der Waals surface area contributed by atoms with Gasteiger partial charge in [0.05, 0.1) is 6.61 Å². The Morgan fingerprint density at radius 2 is 2.04 bits per heavy atom. The fourth-order valence-corrected chi connectivity index (χ4v) is 2.54. The zero-order chi connectivity index (χ0) is 17.2. The van der Waals surface area contributed by atoms with E-state index in [-0.39, 0.29) is 11.7 Å². The molecular weight excluding hydrogens is 322 g/mol. The van der Waals surface area contributed by atoms with Crippen molar-refractivity contribution in [3.05, 3.63) is 41.7 Å². The summed E-state index contributed by atoms with van der Waals surface area (Å²) in [4.78, 5) is 12.9. The van der Waals surface area contributed by atoms with Crippen LogP contribution in [0.4, 0.5) is 11.9 Å². The second-order valence-corrected chi connectivity index (χ2v) is 5.60. The number of aromatic hydroxyl groups is 1. The van der Waals surface area contributed by atoms with Crippen LogP contribution in [0.2, 0.25) is 0 Å². The highest BCUT2D eigenvalue weighted by Gasteiger charge is 2.17. The van der Waals surface area contributed by atoms with Crippen molar-refractivity contribution >= 4 is 23.4 Å². The largest absolute Gasteiger partial charge is 0.508 e. The van der Waals surface area contributed by atoms with Crippen LogP contribution >= 0.6 is 0 Å². The highest BCUT2D eigenvalue weighted by molar-refractivity contribution is 5.57. The van der Waals surface area contributed by atoms with Gasteiger partial charge in [-0.05, 0) is 30.2 Å². The van der Waals surface area contributed by atoms with Crippen LogP contribution in [-0.4, -0.2) is 42.8 Å². The topological polar surface area (TPSA) is 123 Å². The maximum absolute atomic E-state index is 9.29. The number of rotatable bonds is 5. The smallest absolute Gasteiger partial charge is 0.259 e. The van der Waals surface area contributed by atoms with Gasteiger partial charge in [-0.25, -0.2) is 0 Å². The third-order valence-electron chi connectivity index (χ3n) is 3.79. The van der Waals surface area contributed by atoms with Gasteiger partial charge in [0.15, 0.2) is 5.76 Å². The number of nitrogens with two attached hydrogens (primary N) is 1. The molecule has 9 nitrogen and oxygen atoms in total. The average Bonchev–Trinajstić information content (AvgIpc) is 3.26. The Morgan fingerprint density at radius 1 is 1.20 bits per heavy atom. The lowest BCUT2D eigenvalue weighted by molar-refractivity contribution is 0.305. The molecule has 1 aromatic carbocycles. The van der Waals surface area contributed by atoms with Crippen LogP contribution in [0, 0.1) is 0 Å². The first-order valence-corrected chi connectivity index (χ1v) is 7.94. The van der Waals surface area contributed by atoms with Gasteiger partial charge in [-0.1, -0.05) is 12.1 Å². The third-order valence-corrected chi connectivity index (χ3v) is 3.79. The number of benzene rings is 1. The summed E-state index contributed by atoms with van der Waals surface area (Å²) in [6.45, 7) is 1.26. The summed E-state index contributed by atoms with van der Waals surface area (Å²) in [6, 6.07) is 7.06. The Kier molecular flexibility index (Phi) is 3.81. The molecule has 0 aliphatic carbocycles. The van der Waals surface area contributed by atoms with Crippen LogP contribution in [0.25, 0.3) is 11.5 Å². The fraction of sp³-hybridized carbons (Fsp3) is 0.250. The molecule has 2 aromatic heterocycles. The fourth-order valence-electron chi connectivity index (χ4n) is 2.54. The Balaban J connectivity index is 1.49. The minimum Gasteiger partial charge on any atom is -0.508 e. The molecule has 0 saturated carbocycles. The molecule has 3 heterocycles. The zero-order valence-electron chi connectivity index (χ0n) is 13.4. The van der Waals surface area contributed by atoms with Crippen LogP contribution in [0.5, 0.6) is 5.75 Å². The number of nitrogen functional groups attached to an aromatic ring is 1. The van der Waals surface area contributed by atoms with Gasteiger partial charge >= 0.3 is 0 Å². The third kappa shape index (κ3) is 3.16. The monoisotopic (exact) mass is 339 g/mol. The second kappa shape index (κ2) is 6.27. The van der Waals surface area contributed by atoms with Crippen molar-refractivity contribution in [3.63, 3.8) is 0 Å². The standard InChI is InChI=1S/C16H17N7O2/c17-14-20-15(18-8-7-10-3-5-11(24)6-4-10)21-16-19-13(22-23(14)16)12-2-1-9-25-12/h2-6,24H,1,7-9H2,(H3,17,18,19,20,21,22). The lowest BCUT2D eigenvalue weighted by Crippen LogP contribution is -2.12. The molecule has 0 unspecified atom stereocenters. The molecule has 4 N–H and O–H groups in total. The summed E-state index contributed by atoms with van der Waals surface area (Å²) < 4.78 is 6.85. The molecule has 1 aliphatic rings. The molecule has 0 spiro atoms. The van der Waals surface area contributed by atoms with Crippen LogP contribution < -0.4 is 11.1 Å². The number of fused-ring (bicyclic) bond motifs is 1. The number of phenolic OH excluding ortho intramolecular Hbond substituents is 1. The van der Waals surface area contributed by atoms with E-state index in [0.717, 1.165) is 18.4 Å². The van der Waals surface area contributed by atoms with Gasteiger partial charge in [0.25, 0.3) is 5.78 Å². The molecule has 1 aliphatic heterocycles. The van der Waals surface area contributed by atoms with E-state index < -0.39 is 0 Å². The number of hydrogen-bond acceptors (Lipinski definition) is 8. The highest BCUT2D eigenvalue weighted by atomic mass is 16.5. The predicted molar refractivity (Wildman–Crippen MR) is 91.8 cm³/mol. The van der Waals surface area contributed by atoms with Gasteiger partial charge in [0, 0.05) is 13.0 Å². The van der Waals surface area contributed by atoms with E-state index in [2.05, 4.69) is 25.4 Å². The summed E-state index contributed by atoms with van der Waals surface area (Å²) in [6.07, 6.45) is 3.54. The van der Waals surface area contributed by atoms with Gasteiger partial charge in [0.1, 0.15) is 5.75 Å². The van der Waals surface area contributed by atoms with Crippen molar-refractivity contribution in [1.29, 1.82) is 0 Å². The quantitative estimate of drug-likeness (QED) is 0.634. The predicted octanol–water partition coefficient (Wildman–Crippen LogP) is 1.22. The maximum atomic E-state index is 9.29. The van der Waals surface area contributed by atoms with E-state index in [0.29, 0.717) is 36.5 Å². The van der Waals surface area contributed by atoms with E-state index in [9.17, 15) is 5.11 Å². The molecule has 9 heteroatoms. The number of ether oxygens (including phenoxy) is 1. The molecule has 0 bridgehead atoms. The van der Waals surface area contributed by atoms with E-state index >= 15 is 0 Å². The van der Waals surface area contributed by atoms with Crippen LogP contribution in [-0.2, 0) is 11.2 Å². The van der Waals surface area contributed by atoms with Crippen molar-refractivity contribution in [2.45, 2.75) is 12.8 Å². The van der Waals surface area contributed by atoms with Crippen molar-refractivity contribution < 1.29 is 9.84 Å². The number of phenols is 1. The minimum absolute atomic E-state index is 0.203. The van der Waals surface area contributed by atoms with Crippen LogP contribution in [0.15, 0.2) is 30.3 Å². The summed E-state index contributed by atoms with van der Waals surface area (Å²) in [5, 5.41) is 16.7. The SMILES string of the molecule is Nc1nc(NCCc2ccc(O)cc2)nc2nc(C3=CCCO3)nn12. The number of anilines is 2. The molecule has 0 fully saturated rings. The summed E-state index contributed by atoms with van der Waals surface area (Å²) in [7, 11) is 0. The van der Waals surface area contributed by atoms with Gasteiger partial charge in [-0.2, -0.15) is 19.5 Å². The van der Waals surface area contributed by atoms with Crippen molar-refractivity contribution in [2.24, 2.45) is 0 Å². The Hall–Kier alpha value is -3.36. The zero-order valence-corrected chi connectivity index (χ0v) is 13.4. The van der Waals surface area contributed by atoms with E-state index in [4.69, 9.17) is 10.5 Å². The van der Waals surface area contributed by atoms with E-state index in [1.807, 2.05) is 18.2 Å². The molecule has 25 heavy (non-hydrogen) atoms. The van der Waals surface area contributed by atoms with E-state index in [1.165, 1.54) is 4.52 Å². The first-order chi connectivity index (χ1) is 12.2. The van der Waals surface area contributed by atoms with Crippen molar-refractivity contribution in [3.8, 4) is 5.75 Å². The molecule has 4 rings (SSSR count). The van der Waals surface area contributed by atoms with Crippen LogP contribution in [0.1, 0.15) is 17.8 Å². The summed E-state index contributed by atoms with van der Waals surface area (Å²) in [5.74, 6) is 2.32. The van der Waals surface area contributed by atoms with Gasteiger partial charge in [-0.3, -0.25) is 0 Å². The van der Waals surface area contributed by atoms with Crippen molar-refractivity contribution in [2.75, 3.05) is 24.2 Å². The van der Waals surface area contributed by atoms with Crippen LogP contribution in [0.3, 0.4) is 0 Å². The Labute approximate surface area is 143 Å². The number of hydrogen-bond donors (Lipinski definition) is 3. The number of nitrogens with one attached hydrogen (secondary N) is 1. The molecule has 128 valence electrons. The minimum atomic E-state index is 0.203. The number of aromatic nitrogens is 5. The molecular formula is C16H17N7O2. The van der Waals surface area contributed by atoms with Gasteiger partial charge in [0.2, 0.25) is 17.7 Å². The Morgan fingerprint density at radius 3 is 2.80 bits per heavy atom. The van der Waals surface area contributed by atoms with Gasteiger partial charge < -0.3 is 20.9 Å². The van der Waals surface area contributed by atoms with Crippen molar-refractivity contribution in [1.82, 2.24) is 24.6 Å². The van der Waals surface area contributed by atoms with Gasteiger partial charge in [-0.15, -0.1) is 5.10 Å². The Bertz CT molecular complexity index is 934. The normalized spacial score (nSPS) is 13.7. The lowest BCUT2D eigenvalue weighted by atomic mass is 10.1. The molecule has 0 amide bonds. The second-order valence-electron chi connectivity index (χ2n) is 5.60. The number of nitrogens with zero attached hydrogens (tertiary/aromatic N) is 5. The summed E-state index contributed by atoms with van der Waals surface area (Å²) in [5.41, 5.74) is 7.04. The first kappa shape index (κ1) is 15.2. The molecule has 0 atom stereocenters. The molecule has 0 radical (unpaired) electrons. The average molecular weight is 339 g/mol. The summed E-state index contributed by atoms with van der Waals surface area (Å²) >= 11 is 0. The maximum Gasteiger partial charge on any atom is 0.259 e. The highest BCUT2D eigenvalue weighted by Crippen LogP contribution is 2.20. The first-order valence-electron chi connectivity index (χ1n) is 7.94. The molecule has 3 aromatic rings.